The van der Waals surface area contributed by atoms with Crippen molar-refractivity contribution in [1.82, 2.24) is 0 Å². The molecule has 2 rings (SSSR count). The summed E-state index contributed by atoms with van der Waals surface area (Å²) in [5.41, 5.74) is 2.35. The summed E-state index contributed by atoms with van der Waals surface area (Å²) in [5.74, 6) is -4.77. The summed E-state index contributed by atoms with van der Waals surface area (Å²) in [5, 5.41) is 16.7. The van der Waals surface area contributed by atoms with Crippen LogP contribution in [-0.4, -0.2) is 29.0 Å². The van der Waals surface area contributed by atoms with Gasteiger partial charge in [-0.1, -0.05) is 6.07 Å². The van der Waals surface area contributed by atoms with E-state index >= 15 is 0 Å². The topological polar surface area (TPSA) is 76.4 Å². The first-order chi connectivity index (χ1) is 13.5. The Kier molecular flexibility index (Phi) is 6.96. The lowest BCUT2D eigenvalue weighted by molar-refractivity contribution is -0.384. The third kappa shape index (κ3) is 6.28. The van der Waals surface area contributed by atoms with Crippen molar-refractivity contribution in [3.05, 3.63) is 57.6 Å². The number of nitro groups is 1. The smallest absolute Gasteiger partial charge is 0.340 e. The van der Waals surface area contributed by atoms with Crippen LogP contribution >= 0.6 is 12.2 Å². The molecule has 0 unspecified atom stereocenters. The zero-order chi connectivity index (χ0) is 21.8. The van der Waals surface area contributed by atoms with E-state index in [1.807, 2.05) is 26.0 Å². The number of anilines is 2. The maximum atomic E-state index is 13.0. The van der Waals surface area contributed by atoms with Gasteiger partial charge in [-0.05, 0) is 49.3 Å². The predicted octanol–water partition coefficient (Wildman–Crippen LogP) is 5.30. The monoisotopic (exact) mass is 431 g/mol. The number of aryl methyl sites for hydroxylation is 2. The van der Waals surface area contributed by atoms with Gasteiger partial charge < -0.3 is 15.4 Å². The molecule has 0 heterocycles. The Labute approximate surface area is 169 Å². The molecule has 2 aromatic carbocycles. The van der Waals surface area contributed by atoms with Gasteiger partial charge in [0.1, 0.15) is 5.75 Å². The van der Waals surface area contributed by atoms with E-state index in [-0.39, 0.29) is 16.5 Å². The van der Waals surface area contributed by atoms with E-state index in [1.54, 1.807) is 6.07 Å². The largest absolute Gasteiger partial charge is 0.487 e. The lowest BCUT2D eigenvalue weighted by Gasteiger charge is -2.17. The standard InChI is InChI=1S/C18H17F4N3O3S/c1-10-3-4-12(5-11(10)2)23-17(29)24-13-6-14(25(26)27)8-15(7-13)28-9-18(21,22)16(19)20/h3-8,16H,9H2,1-2H3,(H2,23,24,29). The number of ether oxygens (including phenoxy) is 1. The molecule has 0 saturated carbocycles. The minimum atomic E-state index is -4.39. The first-order valence-corrected chi connectivity index (χ1v) is 8.62. The number of benzene rings is 2. The highest BCUT2D eigenvalue weighted by atomic mass is 32.1. The summed E-state index contributed by atoms with van der Waals surface area (Å²) in [6.07, 6.45) is -3.92. The number of non-ortho nitro benzene ring substituents is 1. The lowest BCUT2D eigenvalue weighted by Crippen LogP contribution is -2.33. The van der Waals surface area contributed by atoms with E-state index < -0.39 is 29.6 Å². The van der Waals surface area contributed by atoms with E-state index in [9.17, 15) is 27.7 Å². The number of alkyl halides is 4. The second-order valence-corrected chi connectivity index (χ2v) is 6.61. The number of nitrogens with zero attached hydrogens (tertiary/aromatic N) is 1. The van der Waals surface area contributed by atoms with Gasteiger partial charge in [0.15, 0.2) is 11.7 Å². The van der Waals surface area contributed by atoms with Crippen molar-refractivity contribution in [2.45, 2.75) is 26.2 Å². The molecule has 0 aliphatic rings. The second kappa shape index (κ2) is 9.03. The van der Waals surface area contributed by atoms with Crippen LogP contribution in [0, 0.1) is 24.0 Å². The molecule has 0 fully saturated rings. The van der Waals surface area contributed by atoms with E-state index in [4.69, 9.17) is 12.2 Å². The van der Waals surface area contributed by atoms with Gasteiger partial charge in [0.2, 0.25) is 0 Å². The maximum absolute atomic E-state index is 13.0. The first-order valence-electron chi connectivity index (χ1n) is 8.21. The van der Waals surface area contributed by atoms with Crippen molar-refractivity contribution < 1.29 is 27.2 Å². The predicted molar refractivity (Wildman–Crippen MR) is 105 cm³/mol. The molecule has 2 N–H and O–H groups in total. The van der Waals surface area contributed by atoms with Crippen LogP contribution in [0.5, 0.6) is 5.75 Å². The molecule has 0 saturated heterocycles. The molecule has 156 valence electrons. The number of rotatable bonds is 7. The van der Waals surface area contributed by atoms with Crippen LogP contribution in [0.1, 0.15) is 11.1 Å². The highest BCUT2D eigenvalue weighted by Gasteiger charge is 2.41. The summed E-state index contributed by atoms with van der Waals surface area (Å²) in [7, 11) is 0. The fraction of sp³-hybridized carbons (Fsp3) is 0.278. The van der Waals surface area contributed by atoms with Crippen LogP contribution in [-0.2, 0) is 0 Å². The number of nitrogens with one attached hydrogen (secondary N) is 2. The van der Waals surface area contributed by atoms with E-state index in [0.717, 1.165) is 29.3 Å². The molecule has 0 aromatic heterocycles. The maximum Gasteiger partial charge on any atom is 0.340 e. The van der Waals surface area contributed by atoms with Crippen molar-refractivity contribution in [2.75, 3.05) is 17.2 Å². The van der Waals surface area contributed by atoms with Crippen LogP contribution in [0.25, 0.3) is 0 Å². The van der Waals surface area contributed by atoms with Gasteiger partial charge in [-0.15, -0.1) is 0 Å². The summed E-state index contributed by atoms with van der Waals surface area (Å²) in [6, 6.07) is 8.60. The van der Waals surface area contributed by atoms with Crippen molar-refractivity contribution in [1.29, 1.82) is 0 Å². The molecule has 0 aliphatic carbocycles. The van der Waals surface area contributed by atoms with E-state index in [1.165, 1.54) is 0 Å². The van der Waals surface area contributed by atoms with Crippen LogP contribution in [0.2, 0.25) is 0 Å². The van der Waals surface area contributed by atoms with Gasteiger partial charge >= 0.3 is 12.3 Å². The number of hydrogen-bond acceptors (Lipinski definition) is 4. The van der Waals surface area contributed by atoms with Gasteiger partial charge in [-0.25, -0.2) is 8.78 Å². The molecule has 6 nitrogen and oxygen atoms in total. The lowest BCUT2D eigenvalue weighted by atomic mass is 10.1. The quantitative estimate of drug-likeness (QED) is 0.268. The van der Waals surface area contributed by atoms with E-state index in [2.05, 4.69) is 15.4 Å². The van der Waals surface area contributed by atoms with Gasteiger partial charge in [-0.2, -0.15) is 8.78 Å². The number of halogens is 4. The average molecular weight is 431 g/mol. The third-order valence-corrected chi connectivity index (χ3v) is 4.08. The van der Waals surface area contributed by atoms with Gasteiger partial charge in [-0.3, -0.25) is 10.1 Å². The Morgan fingerprint density at radius 1 is 1.14 bits per heavy atom. The minimum Gasteiger partial charge on any atom is -0.487 e. The second-order valence-electron chi connectivity index (χ2n) is 6.20. The normalized spacial score (nSPS) is 11.3. The summed E-state index contributed by atoms with van der Waals surface area (Å²) >= 11 is 5.15. The van der Waals surface area contributed by atoms with Crippen molar-refractivity contribution in [3.8, 4) is 5.75 Å². The number of thiocarbonyl (C=S) groups is 1. The fourth-order valence-corrected chi connectivity index (χ4v) is 2.44. The first kappa shape index (κ1) is 22.3. The van der Waals surface area contributed by atoms with Crippen LogP contribution in [0.3, 0.4) is 0 Å². The van der Waals surface area contributed by atoms with Gasteiger partial charge in [0.05, 0.1) is 16.7 Å². The highest BCUT2D eigenvalue weighted by Crippen LogP contribution is 2.29. The Morgan fingerprint density at radius 2 is 1.79 bits per heavy atom. The number of nitro benzene ring substituents is 1. The van der Waals surface area contributed by atoms with Crippen molar-refractivity contribution in [3.63, 3.8) is 0 Å². The minimum absolute atomic E-state index is 0.0656. The summed E-state index contributed by atoms with van der Waals surface area (Å²) in [6.45, 7) is 2.23. The summed E-state index contributed by atoms with van der Waals surface area (Å²) < 4.78 is 55.3. The van der Waals surface area contributed by atoms with Gasteiger partial charge in [0.25, 0.3) is 5.69 Å². The molecule has 0 aliphatic heterocycles. The molecule has 0 radical (unpaired) electrons. The Balaban J connectivity index is 2.16. The molecule has 0 amide bonds. The van der Waals surface area contributed by atoms with Crippen LogP contribution in [0.15, 0.2) is 36.4 Å². The van der Waals surface area contributed by atoms with E-state index in [0.29, 0.717) is 5.69 Å². The molecule has 2 aromatic rings. The third-order valence-electron chi connectivity index (χ3n) is 3.88. The van der Waals surface area contributed by atoms with Crippen LogP contribution < -0.4 is 15.4 Å². The molecule has 0 bridgehead atoms. The molecule has 29 heavy (non-hydrogen) atoms. The molecule has 0 spiro atoms. The molecule has 0 atom stereocenters. The Bertz CT molecular complexity index is 925. The van der Waals surface area contributed by atoms with Crippen LogP contribution in [0.4, 0.5) is 34.6 Å². The molecular formula is C18H17F4N3O3S. The fourth-order valence-electron chi connectivity index (χ4n) is 2.20. The summed E-state index contributed by atoms with van der Waals surface area (Å²) in [4.78, 5) is 10.3. The molecule has 11 heteroatoms. The SMILES string of the molecule is Cc1ccc(NC(=S)Nc2cc(OCC(F)(F)C(F)F)cc([N+](=O)[O-])c2)cc1C. The molecular weight excluding hydrogens is 414 g/mol. The van der Waals surface area contributed by atoms with Crippen molar-refractivity contribution >= 4 is 34.4 Å². The average Bonchev–Trinajstić information content (AvgIpc) is 2.62. The zero-order valence-corrected chi connectivity index (χ0v) is 16.2. The van der Waals surface area contributed by atoms with Gasteiger partial charge in [0, 0.05) is 17.8 Å². The Morgan fingerprint density at radius 3 is 2.38 bits per heavy atom. The Hall–Kier alpha value is -2.95. The van der Waals surface area contributed by atoms with Crippen molar-refractivity contribution in [2.24, 2.45) is 0 Å². The number of hydrogen-bond donors (Lipinski definition) is 2. The zero-order valence-electron chi connectivity index (χ0n) is 15.3. The highest BCUT2D eigenvalue weighted by molar-refractivity contribution is 7.80.